The van der Waals surface area contributed by atoms with Crippen molar-refractivity contribution in [1.29, 1.82) is 0 Å². The van der Waals surface area contributed by atoms with E-state index in [0.29, 0.717) is 13.1 Å². The summed E-state index contributed by atoms with van der Waals surface area (Å²) in [6.07, 6.45) is -1.12. The third-order valence-electron chi connectivity index (χ3n) is 5.24. The van der Waals surface area contributed by atoms with Gasteiger partial charge >= 0.3 is 6.18 Å². The number of likely N-dealkylation sites (tertiary alicyclic amines) is 1. The first-order valence-corrected chi connectivity index (χ1v) is 10.2. The maximum absolute atomic E-state index is 12.8. The summed E-state index contributed by atoms with van der Waals surface area (Å²) in [7, 11) is -3.84. The molecule has 2 aliphatic heterocycles. The summed E-state index contributed by atoms with van der Waals surface area (Å²) in [5.74, 6) is 0. The molecule has 2 aromatic heterocycles. The van der Waals surface area contributed by atoms with Crippen LogP contribution in [-0.4, -0.2) is 53.8 Å². The Hall–Kier alpha value is -2.04. The molecule has 4 rings (SSSR count). The average Bonchev–Trinajstić information content (AvgIpc) is 2.55. The fourth-order valence-electron chi connectivity index (χ4n) is 3.95. The molecular formula is C18H19F3N4O2S. The van der Waals surface area contributed by atoms with Gasteiger partial charge in [-0.2, -0.15) is 17.5 Å². The van der Waals surface area contributed by atoms with Gasteiger partial charge in [-0.3, -0.25) is 9.88 Å². The first kappa shape index (κ1) is 19.3. The topological polar surface area (TPSA) is 66.4 Å². The number of alkyl halides is 3. The van der Waals surface area contributed by atoms with Gasteiger partial charge in [0, 0.05) is 50.5 Å². The summed E-state index contributed by atoms with van der Waals surface area (Å²) in [5, 5.41) is 0. The molecular weight excluding hydrogens is 393 g/mol. The Morgan fingerprint density at radius 2 is 1.71 bits per heavy atom. The van der Waals surface area contributed by atoms with E-state index in [1.807, 2.05) is 12.1 Å². The Balaban J connectivity index is 1.39. The highest BCUT2D eigenvalue weighted by molar-refractivity contribution is 7.89. The molecule has 2 aliphatic rings. The molecule has 0 aliphatic carbocycles. The Morgan fingerprint density at radius 3 is 2.29 bits per heavy atom. The highest BCUT2D eigenvalue weighted by atomic mass is 32.2. The van der Waals surface area contributed by atoms with Crippen LogP contribution in [0.2, 0.25) is 0 Å². The van der Waals surface area contributed by atoms with Crippen molar-refractivity contribution < 1.29 is 21.6 Å². The molecule has 2 saturated heterocycles. The number of halogens is 3. The predicted octanol–water partition coefficient (Wildman–Crippen LogP) is 2.31. The number of aromatic nitrogens is 2. The van der Waals surface area contributed by atoms with Crippen LogP contribution in [0.15, 0.2) is 41.6 Å². The zero-order valence-electron chi connectivity index (χ0n) is 15.1. The molecule has 0 saturated carbocycles. The van der Waals surface area contributed by atoms with E-state index in [1.54, 1.807) is 12.4 Å². The third kappa shape index (κ3) is 3.40. The second-order valence-corrected chi connectivity index (χ2v) is 9.46. The van der Waals surface area contributed by atoms with E-state index in [-0.39, 0.29) is 16.0 Å². The Bertz CT molecular complexity index is 982. The largest absolute Gasteiger partial charge is 0.433 e. The fourth-order valence-corrected chi connectivity index (χ4v) is 5.78. The van der Waals surface area contributed by atoms with Gasteiger partial charge in [-0.1, -0.05) is 0 Å². The second-order valence-electron chi connectivity index (χ2n) is 7.55. The molecule has 10 heteroatoms. The molecule has 0 unspecified atom stereocenters. The van der Waals surface area contributed by atoms with E-state index in [4.69, 9.17) is 0 Å². The molecule has 2 fully saturated rings. The van der Waals surface area contributed by atoms with Crippen molar-refractivity contribution in [2.75, 3.05) is 26.2 Å². The van der Waals surface area contributed by atoms with Crippen LogP contribution in [-0.2, 0) is 22.7 Å². The van der Waals surface area contributed by atoms with E-state index in [2.05, 4.69) is 14.9 Å². The number of hydrogen-bond acceptors (Lipinski definition) is 5. The number of sulfonamides is 1. The maximum atomic E-state index is 12.8. The van der Waals surface area contributed by atoms with Crippen molar-refractivity contribution in [2.24, 2.45) is 5.41 Å². The minimum Gasteiger partial charge on any atom is -0.298 e. The Labute approximate surface area is 161 Å². The van der Waals surface area contributed by atoms with Gasteiger partial charge in [0.15, 0.2) is 0 Å². The van der Waals surface area contributed by atoms with Gasteiger partial charge in [0.1, 0.15) is 10.6 Å². The second kappa shape index (κ2) is 6.50. The first-order valence-electron chi connectivity index (χ1n) is 8.75. The maximum Gasteiger partial charge on any atom is 0.433 e. The van der Waals surface area contributed by atoms with Gasteiger partial charge in [-0.05, 0) is 36.8 Å². The minimum atomic E-state index is -4.60. The standard InChI is InChI=1S/C18H19F3N4O2S/c1-13-15(2-3-16(23-13)18(19,20)21)28(26,27)25-11-17(12-25)9-24(10-17)8-14-4-6-22-7-5-14/h2-7H,8-12H2,1H3. The van der Waals surface area contributed by atoms with Gasteiger partial charge in [0.25, 0.3) is 0 Å². The first-order chi connectivity index (χ1) is 13.1. The fraction of sp³-hybridized carbons (Fsp3) is 0.444. The molecule has 0 N–H and O–H groups in total. The van der Waals surface area contributed by atoms with Crippen LogP contribution < -0.4 is 0 Å². The van der Waals surface area contributed by atoms with E-state index in [0.717, 1.165) is 37.3 Å². The summed E-state index contributed by atoms with van der Waals surface area (Å²) in [4.78, 5) is 9.50. The monoisotopic (exact) mass is 412 g/mol. The number of pyridine rings is 2. The summed E-state index contributed by atoms with van der Waals surface area (Å²) in [6, 6.07) is 5.61. The average molecular weight is 412 g/mol. The molecule has 6 nitrogen and oxygen atoms in total. The molecule has 0 radical (unpaired) electrons. The molecule has 0 atom stereocenters. The van der Waals surface area contributed by atoms with Gasteiger partial charge < -0.3 is 0 Å². The number of rotatable bonds is 4. The van der Waals surface area contributed by atoms with Gasteiger partial charge in [-0.15, -0.1) is 0 Å². The lowest BCUT2D eigenvalue weighted by Crippen LogP contribution is -2.72. The molecule has 0 aromatic carbocycles. The van der Waals surface area contributed by atoms with Crippen molar-refractivity contribution in [3.63, 3.8) is 0 Å². The quantitative estimate of drug-likeness (QED) is 0.771. The van der Waals surface area contributed by atoms with Crippen molar-refractivity contribution >= 4 is 10.0 Å². The van der Waals surface area contributed by atoms with E-state index >= 15 is 0 Å². The van der Waals surface area contributed by atoms with Crippen LogP contribution in [0.5, 0.6) is 0 Å². The lowest BCUT2D eigenvalue weighted by Gasteiger charge is -2.59. The number of hydrogen-bond donors (Lipinski definition) is 0. The lowest BCUT2D eigenvalue weighted by atomic mass is 9.74. The number of nitrogens with zero attached hydrogens (tertiary/aromatic N) is 4. The van der Waals surface area contributed by atoms with E-state index in [9.17, 15) is 21.6 Å². The third-order valence-corrected chi connectivity index (χ3v) is 7.17. The lowest BCUT2D eigenvalue weighted by molar-refractivity contribution is -0.141. The van der Waals surface area contributed by atoms with Gasteiger partial charge in [0.2, 0.25) is 10.0 Å². The summed E-state index contributed by atoms with van der Waals surface area (Å²) >= 11 is 0. The van der Waals surface area contributed by atoms with Crippen molar-refractivity contribution in [3.8, 4) is 0 Å². The Kier molecular flexibility index (Phi) is 4.48. The van der Waals surface area contributed by atoms with Crippen LogP contribution in [0.3, 0.4) is 0 Å². The molecule has 4 heterocycles. The van der Waals surface area contributed by atoms with Gasteiger partial charge in [-0.25, -0.2) is 13.4 Å². The molecule has 1 spiro atoms. The van der Waals surface area contributed by atoms with Gasteiger partial charge in [0.05, 0.1) is 5.69 Å². The predicted molar refractivity (Wildman–Crippen MR) is 94.7 cm³/mol. The van der Waals surface area contributed by atoms with Crippen LogP contribution in [0, 0.1) is 12.3 Å². The summed E-state index contributed by atoms with van der Waals surface area (Å²) in [5.41, 5.74) is -0.133. The number of aryl methyl sites for hydroxylation is 1. The summed E-state index contributed by atoms with van der Waals surface area (Å²) in [6.45, 7) is 4.43. The van der Waals surface area contributed by atoms with Crippen LogP contribution in [0.4, 0.5) is 13.2 Å². The molecule has 150 valence electrons. The molecule has 0 bridgehead atoms. The minimum absolute atomic E-state index is 0.0622. The summed E-state index contributed by atoms with van der Waals surface area (Å²) < 4.78 is 65.1. The molecule has 2 aromatic rings. The van der Waals surface area contributed by atoms with Crippen LogP contribution >= 0.6 is 0 Å². The van der Waals surface area contributed by atoms with E-state index < -0.39 is 21.9 Å². The highest BCUT2D eigenvalue weighted by Gasteiger charge is 2.55. The van der Waals surface area contributed by atoms with Crippen molar-refractivity contribution in [2.45, 2.75) is 24.5 Å². The van der Waals surface area contributed by atoms with Crippen LogP contribution in [0.25, 0.3) is 0 Å². The SMILES string of the molecule is Cc1nc(C(F)(F)F)ccc1S(=O)(=O)N1CC2(CN(Cc3ccncc3)C2)C1. The smallest absolute Gasteiger partial charge is 0.298 e. The van der Waals surface area contributed by atoms with E-state index in [1.165, 1.54) is 11.2 Å². The molecule has 0 amide bonds. The van der Waals surface area contributed by atoms with Crippen molar-refractivity contribution in [1.82, 2.24) is 19.2 Å². The Morgan fingerprint density at radius 1 is 1.07 bits per heavy atom. The van der Waals surface area contributed by atoms with Crippen LogP contribution in [0.1, 0.15) is 17.0 Å². The zero-order valence-corrected chi connectivity index (χ0v) is 16.0. The van der Waals surface area contributed by atoms with Crippen molar-refractivity contribution in [3.05, 3.63) is 53.6 Å². The molecule has 28 heavy (non-hydrogen) atoms. The normalized spacial score (nSPS) is 20.0. The highest BCUT2D eigenvalue weighted by Crippen LogP contribution is 2.43. The zero-order chi connectivity index (χ0) is 20.2.